The molecule has 0 spiro atoms. The molecular weight excluding hydrogens is 338 g/mol. The lowest BCUT2D eigenvalue weighted by Crippen LogP contribution is -2.23. The third kappa shape index (κ3) is 4.23. The number of benzene rings is 1. The van der Waals surface area contributed by atoms with Gasteiger partial charge in [-0.25, -0.2) is 15.0 Å². The Morgan fingerprint density at radius 3 is 2.74 bits per heavy atom. The van der Waals surface area contributed by atoms with Crippen LogP contribution in [0.5, 0.6) is 5.75 Å². The maximum absolute atomic E-state index is 5.25. The summed E-state index contributed by atoms with van der Waals surface area (Å²) < 4.78 is 5.25. The first-order chi connectivity index (χ1) is 13.3. The van der Waals surface area contributed by atoms with Crippen LogP contribution in [-0.2, 0) is 6.54 Å². The fourth-order valence-electron chi connectivity index (χ4n) is 3.49. The molecule has 1 atom stereocenters. The lowest BCUT2D eigenvalue weighted by atomic mass is 10.1. The van der Waals surface area contributed by atoms with Gasteiger partial charge in [0, 0.05) is 18.9 Å². The van der Waals surface area contributed by atoms with E-state index in [4.69, 9.17) is 9.72 Å². The summed E-state index contributed by atoms with van der Waals surface area (Å²) in [5, 5.41) is 3.18. The molecule has 6 nitrogen and oxygen atoms in total. The number of ether oxygens (including phenoxy) is 1. The van der Waals surface area contributed by atoms with Crippen LogP contribution in [0, 0.1) is 0 Å². The van der Waals surface area contributed by atoms with Crippen LogP contribution < -0.4 is 10.1 Å². The Morgan fingerprint density at radius 1 is 1.07 bits per heavy atom. The SMILES string of the molecule is COc1ccc(CN2CCC[C@H]2c2ccnc(Nc3ccccn3)n2)cc1. The van der Waals surface area contributed by atoms with Gasteiger partial charge in [-0.15, -0.1) is 0 Å². The van der Waals surface area contributed by atoms with Crippen LogP contribution in [0.15, 0.2) is 60.9 Å². The maximum atomic E-state index is 5.25. The predicted octanol–water partition coefficient (Wildman–Crippen LogP) is 3.96. The quantitative estimate of drug-likeness (QED) is 0.717. The van der Waals surface area contributed by atoms with E-state index in [2.05, 4.69) is 32.3 Å². The Morgan fingerprint density at radius 2 is 1.96 bits per heavy atom. The highest BCUT2D eigenvalue weighted by Crippen LogP contribution is 2.32. The number of anilines is 2. The van der Waals surface area contributed by atoms with Crippen molar-refractivity contribution in [2.45, 2.75) is 25.4 Å². The predicted molar refractivity (Wildman–Crippen MR) is 105 cm³/mol. The molecule has 1 fully saturated rings. The van der Waals surface area contributed by atoms with Gasteiger partial charge >= 0.3 is 0 Å². The summed E-state index contributed by atoms with van der Waals surface area (Å²) in [6.45, 7) is 1.98. The lowest BCUT2D eigenvalue weighted by Gasteiger charge is -2.24. The molecular formula is C21H23N5O. The van der Waals surface area contributed by atoms with Crippen molar-refractivity contribution in [3.8, 4) is 5.75 Å². The second-order valence-corrected chi connectivity index (χ2v) is 6.62. The zero-order valence-corrected chi connectivity index (χ0v) is 15.4. The van der Waals surface area contributed by atoms with E-state index in [0.717, 1.165) is 36.8 Å². The van der Waals surface area contributed by atoms with Gasteiger partial charge in [-0.1, -0.05) is 18.2 Å². The van der Waals surface area contributed by atoms with Crippen molar-refractivity contribution in [1.82, 2.24) is 19.9 Å². The van der Waals surface area contributed by atoms with E-state index >= 15 is 0 Å². The zero-order valence-electron chi connectivity index (χ0n) is 15.4. The molecule has 3 aromatic rings. The van der Waals surface area contributed by atoms with E-state index in [9.17, 15) is 0 Å². The van der Waals surface area contributed by atoms with E-state index < -0.39 is 0 Å². The maximum Gasteiger partial charge on any atom is 0.228 e. The number of nitrogens with one attached hydrogen (secondary N) is 1. The van der Waals surface area contributed by atoms with Gasteiger partial charge in [0.15, 0.2) is 0 Å². The van der Waals surface area contributed by atoms with E-state index in [1.165, 1.54) is 12.0 Å². The fourth-order valence-corrected chi connectivity index (χ4v) is 3.49. The number of methoxy groups -OCH3 is 1. The molecule has 4 rings (SSSR count). The molecule has 0 radical (unpaired) electrons. The molecule has 0 unspecified atom stereocenters. The van der Waals surface area contributed by atoms with E-state index in [0.29, 0.717) is 12.0 Å². The number of aromatic nitrogens is 3. The van der Waals surface area contributed by atoms with Gasteiger partial charge in [-0.3, -0.25) is 4.90 Å². The van der Waals surface area contributed by atoms with Crippen LogP contribution >= 0.6 is 0 Å². The Labute approximate surface area is 159 Å². The molecule has 27 heavy (non-hydrogen) atoms. The molecule has 1 aliphatic rings. The number of nitrogens with zero attached hydrogens (tertiary/aromatic N) is 4. The van der Waals surface area contributed by atoms with Crippen LogP contribution in [-0.4, -0.2) is 33.5 Å². The summed E-state index contributed by atoms with van der Waals surface area (Å²) in [7, 11) is 1.69. The molecule has 0 saturated carbocycles. The molecule has 3 heterocycles. The highest BCUT2D eigenvalue weighted by molar-refractivity contribution is 5.46. The number of pyridine rings is 1. The van der Waals surface area contributed by atoms with Crippen molar-refractivity contribution in [3.05, 3.63) is 72.2 Å². The summed E-state index contributed by atoms with van der Waals surface area (Å²) in [5.74, 6) is 2.22. The number of rotatable bonds is 6. The second-order valence-electron chi connectivity index (χ2n) is 6.62. The van der Waals surface area contributed by atoms with Crippen LogP contribution in [0.1, 0.15) is 30.1 Å². The second kappa shape index (κ2) is 8.14. The van der Waals surface area contributed by atoms with Gasteiger partial charge < -0.3 is 10.1 Å². The van der Waals surface area contributed by atoms with Gasteiger partial charge in [0.25, 0.3) is 0 Å². The minimum Gasteiger partial charge on any atom is -0.497 e. The summed E-state index contributed by atoms with van der Waals surface area (Å²) in [6.07, 6.45) is 5.85. The molecule has 6 heteroatoms. The van der Waals surface area contributed by atoms with Crippen LogP contribution in [0.4, 0.5) is 11.8 Å². The van der Waals surface area contributed by atoms with Gasteiger partial charge in [0.1, 0.15) is 11.6 Å². The summed E-state index contributed by atoms with van der Waals surface area (Å²) in [6, 6.07) is 16.3. The Hall–Kier alpha value is -2.99. The molecule has 1 aromatic carbocycles. The normalized spacial score (nSPS) is 17.0. The first-order valence-corrected chi connectivity index (χ1v) is 9.20. The Balaban J connectivity index is 1.48. The third-order valence-corrected chi connectivity index (χ3v) is 4.83. The van der Waals surface area contributed by atoms with E-state index in [1.54, 1.807) is 13.3 Å². The standard InChI is InChI=1S/C21H23N5O/c1-27-17-9-7-16(8-10-17)15-26-14-4-5-19(26)18-11-13-23-21(24-18)25-20-6-2-3-12-22-20/h2-3,6-13,19H,4-5,14-15H2,1H3,(H,22,23,24,25)/t19-/m0/s1. The topological polar surface area (TPSA) is 63.2 Å². The number of likely N-dealkylation sites (tertiary alicyclic amines) is 1. The minimum atomic E-state index is 0.305. The molecule has 0 bridgehead atoms. The highest BCUT2D eigenvalue weighted by Gasteiger charge is 2.27. The van der Waals surface area contributed by atoms with Gasteiger partial charge in [-0.2, -0.15) is 0 Å². The Kier molecular flexibility index (Phi) is 5.25. The van der Waals surface area contributed by atoms with Crippen LogP contribution in [0.25, 0.3) is 0 Å². The van der Waals surface area contributed by atoms with E-state index in [-0.39, 0.29) is 0 Å². The van der Waals surface area contributed by atoms with Crippen molar-refractivity contribution in [3.63, 3.8) is 0 Å². The average molecular weight is 361 g/mol. The van der Waals surface area contributed by atoms with E-state index in [1.807, 2.05) is 42.6 Å². The monoisotopic (exact) mass is 361 g/mol. The lowest BCUT2D eigenvalue weighted by molar-refractivity contribution is 0.244. The summed E-state index contributed by atoms with van der Waals surface area (Å²) in [5.41, 5.74) is 2.33. The molecule has 0 aliphatic carbocycles. The average Bonchev–Trinajstić information content (AvgIpc) is 3.18. The fraction of sp³-hybridized carbons (Fsp3) is 0.286. The number of hydrogen-bond donors (Lipinski definition) is 1. The molecule has 1 saturated heterocycles. The molecule has 1 aliphatic heterocycles. The van der Waals surface area contributed by atoms with Gasteiger partial charge in [0.2, 0.25) is 5.95 Å². The third-order valence-electron chi connectivity index (χ3n) is 4.83. The smallest absolute Gasteiger partial charge is 0.228 e. The van der Waals surface area contributed by atoms with Crippen molar-refractivity contribution in [2.75, 3.05) is 19.0 Å². The zero-order chi connectivity index (χ0) is 18.5. The first kappa shape index (κ1) is 17.4. The number of hydrogen-bond acceptors (Lipinski definition) is 6. The molecule has 138 valence electrons. The summed E-state index contributed by atoms with van der Waals surface area (Å²) >= 11 is 0. The van der Waals surface area contributed by atoms with Crippen molar-refractivity contribution < 1.29 is 4.74 Å². The van der Waals surface area contributed by atoms with Gasteiger partial charge in [-0.05, 0) is 55.3 Å². The first-order valence-electron chi connectivity index (χ1n) is 9.20. The van der Waals surface area contributed by atoms with Crippen molar-refractivity contribution in [1.29, 1.82) is 0 Å². The van der Waals surface area contributed by atoms with Crippen molar-refractivity contribution in [2.24, 2.45) is 0 Å². The van der Waals surface area contributed by atoms with Crippen molar-refractivity contribution >= 4 is 11.8 Å². The minimum absolute atomic E-state index is 0.305. The van der Waals surface area contributed by atoms with Gasteiger partial charge in [0.05, 0.1) is 18.8 Å². The molecule has 1 N–H and O–H groups in total. The molecule has 2 aromatic heterocycles. The molecule has 0 amide bonds. The Bertz CT molecular complexity index is 869. The largest absolute Gasteiger partial charge is 0.497 e. The van der Waals surface area contributed by atoms with Crippen LogP contribution in [0.3, 0.4) is 0 Å². The van der Waals surface area contributed by atoms with Crippen LogP contribution in [0.2, 0.25) is 0 Å². The summed E-state index contributed by atoms with van der Waals surface area (Å²) in [4.78, 5) is 15.8. The highest BCUT2D eigenvalue weighted by atomic mass is 16.5.